The van der Waals surface area contributed by atoms with Gasteiger partial charge in [-0.3, -0.25) is 9.80 Å². The lowest BCUT2D eigenvalue weighted by molar-refractivity contribution is -0.0386. The summed E-state index contributed by atoms with van der Waals surface area (Å²) < 4.78 is 5.37. The average Bonchev–Trinajstić information content (AvgIpc) is 2.20. The summed E-state index contributed by atoms with van der Waals surface area (Å²) in [6, 6.07) is 0. The molecule has 2 saturated heterocycles. The molecule has 0 saturated carbocycles. The summed E-state index contributed by atoms with van der Waals surface area (Å²) in [4.78, 5) is 5.07. The number of rotatable bonds is 1. The van der Waals surface area contributed by atoms with Gasteiger partial charge < -0.3 is 4.74 Å². The summed E-state index contributed by atoms with van der Waals surface area (Å²) in [5.74, 6) is 0. The van der Waals surface area contributed by atoms with Gasteiger partial charge in [-0.15, -0.1) is 0 Å². The third-order valence-electron chi connectivity index (χ3n) is 3.20. The van der Waals surface area contributed by atoms with Crippen molar-refractivity contribution in [2.24, 2.45) is 0 Å². The minimum atomic E-state index is 0.692. The van der Waals surface area contributed by atoms with Crippen LogP contribution < -0.4 is 0 Å². The third-order valence-corrected chi connectivity index (χ3v) is 3.20. The van der Waals surface area contributed by atoms with E-state index in [1.165, 1.54) is 25.8 Å². The van der Waals surface area contributed by atoms with Crippen LogP contribution >= 0.6 is 0 Å². The first-order valence-corrected chi connectivity index (χ1v) is 5.40. The van der Waals surface area contributed by atoms with Crippen molar-refractivity contribution in [3.8, 4) is 0 Å². The van der Waals surface area contributed by atoms with Gasteiger partial charge in [0.1, 0.15) is 0 Å². The number of hydrogen-bond acceptors (Lipinski definition) is 3. The van der Waals surface area contributed by atoms with Gasteiger partial charge in [0.2, 0.25) is 0 Å². The van der Waals surface area contributed by atoms with E-state index in [9.17, 15) is 0 Å². The van der Waals surface area contributed by atoms with E-state index in [1.54, 1.807) is 0 Å². The zero-order valence-corrected chi connectivity index (χ0v) is 8.54. The molecule has 2 heterocycles. The molecule has 3 nitrogen and oxygen atoms in total. The van der Waals surface area contributed by atoms with E-state index in [4.69, 9.17) is 4.74 Å². The lowest BCUT2D eigenvalue weighted by atomic mass is 10.1. The molecule has 1 unspecified atom stereocenters. The molecule has 0 aromatic rings. The second-order valence-corrected chi connectivity index (χ2v) is 4.11. The van der Waals surface area contributed by atoms with E-state index < -0.39 is 0 Å². The number of hydrogen-bond donors (Lipinski definition) is 0. The predicted molar refractivity (Wildman–Crippen MR) is 52.7 cm³/mol. The van der Waals surface area contributed by atoms with Crippen LogP contribution in [0, 0.1) is 0 Å². The maximum atomic E-state index is 5.37. The number of piperidine rings is 1. The highest BCUT2D eigenvalue weighted by Crippen LogP contribution is 2.19. The van der Waals surface area contributed by atoms with Gasteiger partial charge in [-0.05, 0) is 32.9 Å². The lowest BCUT2D eigenvalue weighted by Gasteiger charge is -2.42. The monoisotopic (exact) mass is 184 g/mol. The average molecular weight is 184 g/mol. The number of morpholine rings is 1. The SMILES string of the molecule is CN1CCCCC1N1CCOCC1. The Morgan fingerprint density at radius 1 is 1.08 bits per heavy atom. The highest BCUT2D eigenvalue weighted by atomic mass is 16.5. The van der Waals surface area contributed by atoms with Crippen molar-refractivity contribution in [2.75, 3.05) is 39.9 Å². The van der Waals surface area contributed by atoms with E-state index in [-0.39, 0.29) is 0 Å². The molecule has 0 N–H and O–H groups in total. The van der Waals surface area contributed by atoms with Crippen molar-refractivity contribution < 1.29 is 4.74 Å². The smallest absolute Gasteiger partial charge is 0.0621 e. The van der Waals surface area contributed by atoms with Crippen molar-refractivity contribution in [1.82, 2.24) is 9.80 Å². The van der Waals surface area contributed by atoms with Crippen LogP contribution in [0.3, 0.4) is 0 Å². The highest BCUT2D eigenvalue weighted by Gasteiger charge is 2.26. The molecular weight excluding hydrogens is 164 g/mol. The van der Waals surface area contributed by atoms with Crippen molar-refractivity contribution in [1.29, 1.82) is 0 Å². The van der Waals surface area contributed by atoms with Gasteiger partial charge in [-0.2, -0.15) is 0 Å². The first kappa shape index (κ1) is 9.44. The van der Waals surface area contributed by atoms with Gasteiger partial charge in [-0.1, -0.05) is 0 Å². The quantitative estimate of drug-likeness (QED) is 0.598. The molecule has 0 amide bonds. The standard InChI is InChI=1S/C10H20N2O/c1-11-5-3-2-4-10(11)12-6-8-13-9-7-12/h10H,2-9H2,1H3. The summed E-state index contributed by atoms with van der Waals surface area (Å²) >= 11 is 0. The zero-order valence-electron chi connectivity index (χ0n) is 8.54. The Balaban J connectivity index is 1.88. The molecular formula is C10H20N2O. The van der Waals surface area contributed by atoms with Crippen LogP contribution in [0.15, 0.2) is 0 Å². The Labute approximate surface area is 80.6 Å². The molecule has 0 radical (unpaired) electrons. The Morgan fingerprint density at radius 2 is 1.85 bits per heavy atom. The minimum absolute atomic E-state index is 0.692. The molecule has 0 bridgehead atoms. The van der Waals surface area contributed by atoms with Crippen LogP contribution in [0.25, 0.3) is 0 Å². The van der Waals surface area contributed by atoms with Crippen LogP contribution in [0.5, 0.6) is 0 Å². The Morgan fingerprint density at radius 3 is 2.54 bits per heavy atom. The second kappa shape index (κ2) is 4.40. The first-order valence-electron chi connectivity index (χ1n) is 5.40. The van der Waals surface area contributed by atoms with Crippen molar-refractivity contribution in [3.63, 3.8) is 0 Å². The van der Waals surface area contributed by atoms with Gasteiger partial charge in [-0.25, -0.2) is 0 Å². The predicted octanol–water partition coefficient (Wildman–Crippen LogP) is 0.760. The highest BCUT2D eigenvalue weighted by molar-refractivity contribution is 4.76. The van der Waals surface area contributed by atoms with Crippen molar-refractivity contribution in [2.45, 2.75) is 25.4 Å². The number of ether oxygens (including phenoxy) is 1. The van der Waals surface area contributed by atoms with Gasteiger partial charge in [0.15, 0.2) is 0 Å². The maximum Gasteiger partial charge on any atom is 0.0621 e. The van der Waals surface area contributed by atoms with Crippen molar-refractivity contribution in [3.05, 3.63) is 0 Å². The normalized spacial score (nSPS) is 33.5. The fraction of sp³-hybridized carbons (Fsp3) is 1.00. The van der Waals surface area contributed by atoms with Crippen LogP contribution in [0.4, 0.5) is 0 Å². The van der Waals surface area contributed by atoms with E-state index in [0.717, 1.165) is 26.3 Å². The van der Waals surface area contributed by atoms with Crippen LogP contribution in [0.2, 0.25) is 0 Å². The fourth-order valence-corrected chi connectivity index (χ4v) is 2.39. The summed E-state index contributed by atoms with van der Waals surface area (Å²) in [6.07, 6.45) is 4.80. The molecule has 76 valence electrons. The number of nitrogens with zero attached hydrogens (tertiary/aromatic N) is 2. The molecule has 2 aliphatic heterocycles. The molecule has 0 aromatic heterocycles. The third kappa shape index (κ3) is 2.22. The van der Waals surface area contributed by atoms with Gasteiger partial charge in [0.05, 0.1) is 19.4 Å². The van der Waals surface area contributed by atoms with Gasteiger partial charge >= 0.3 is 0 Å². The molecule has 13 heavy (non-hydrogen) atoms. The molecule has 0 aromatic carbocycles. The largest absolute Gasteiger partial charge is 0.379 e. The summed E-state index contributed by atoms with van der Waals surface area (Å²) in [5.41, 5.74) is 0. The molecule has 0 aliphatic carbocycles. The van der Waals surface area contributed by atoms with Crippen LogP contribution in [-0.2, 0) is 4.74 Å². The van der Waals surface area contributed by atoms with Crippen LogP contribution in [-0.4, -0.2) is 55.9 Å². The molecule has 3 heteroatoms. The second-order valence-electron chi connectivity index (χ2n) is 4.11. The number of likely N-dealkylation sites (tertiary alicyclic amines) is 1. The van der Waals surface area contributed by atoms with Gasteiger partial charge in [0, 0.05) is 13.1 Å². The van der Waals surface area contributed by atoms with Crippen LogP contribution in [0.1, 0.15) is 19.3 Å². The Bertz CT molecular complexity index is 157. The summed E-state index contributed by atoms with van der Waals surface area (Å²) in [7, 11) is 2.25. The van der Waals surface area contributed by atoms with Gasteiger partial charge in [0.25, 0.3) is 0 Å². The Kier molecular flexibility index (Phi) is 3.19. The lowest BCUT2D eigenvalue weighted by Crippen LogP contribution is -2.52. The molecule has 2 rings (SSSR count). The molecule has 1 atom stereocenters. The first-order chi connectivity index (χ1) is 6.38. The topological polar surface area (TPSA) is 15.7 Å². The summed E-state index contributed by atoms with van der Waals surface area (Å²) in [5, 5.41) is 0. The zero-order chi connectivity index (χ0) is 9.10. The Hall–Kier alpha value is -0.120. The molecule has 0 spiro atoms. The van der Waals surface area contributed by atoms with E-state index in [0.29, 0.717) is 6.17 Å². The van der Waals surface area contributed by atoms with E-state index in [2.05, 4.69) is 16.8 Å². The molecule has 2 aliphatic rings. The van der Waals surface area contributed by atoms with E-state index >= 15 is 0 Å². The minimum Gasteiger partial charge on any atom is -0.379 e. The maximum absolute atomic E-state index is 5.37. The van der Waals surface area contributed by atoms with E-state index in [1.807, 2.05) is 0 Å². The molecule has 2 fully saturated rings. The fourth-order valence-electron chi connectivity index (χ4n) is 2.39. The summed E-state index contributed by atoms with van der Waals surface area (Å²) in [6.45, 7) is 5.35. The van der Waals surface area contributed by atoms with Crippen molar-refractivity contribution >= 4 is 0 Å².